The van der Waals surface area contributed by atoms with Gasteiger partial charge in [-0.3, -0.25) is 9.59 Å². The van der Waals surface area contributed by atoms with Crippen molar-refractivity contribution < 1.29 is 22.7 Å². The third-order valence-electron chi connectivity index (χ3n) is 6.29. The summed E-state index contributed by atoms with van der Waals surface area (Å²) in [6, 6.07) is 9.75. The van der Waals surface area contributed by atoms with Gasteiger partial charge in [-0.15, -0.1) is 0 Å². The van der Waals surface area contributed by atoms with E-state index in [0.717, 1.165) is 18.5 Å². The fourth-order valence-corrected chi connectivity index (χ4v) is 5.72. The van der Waals surface area contributed by atoms with Crippen molar-refractivity contribution in [3.63, 3.8) is 0 Å². The van der Waals surface area contributed by atoms with Crippen molar-refractivity contribution in [3.8, 4) is 5.75 Å². The van der Waals surface area contributed by atoms with E-state index in [0.29, 0.717) is 56.7 Å². The van der Waals surface area contributed by atoms with Crippen molar-refractivity contribution in [1.29, 1.82) is 0 Å². The summed E-state index contributed by atoms with van der Waals surface area (Å²) >= 11 is 0. The van der Waals surface area contributed by atoms with Crippen LogP contribution in [0.25, 0.3) is 0 Å². The molecule has 1 amide bonds. The normalized spacial score (nSPS) is 19.8. The first kappa shape index (κ1) is 22.1. The first-order valence-electron chi connectivity index (χ1n) is 11.2. The van der Waals surface area contributed by atoms with Crippen LogP contribution >= 0.6 is 0 Å². The molecule has 33 heavy (non-hydrogen) atoms. The summed E-state index contributed by atoms with van der Waals surface area (Å²) in [5, 5.41) is 0. The predicted molar refractivity (Wildman–Crippen MR) is 120 cm³/mol. The van der Waals surface area contributed by atoms with Crippen molar-refractivity contribution in [3.05, 3.63) is 58.0 Å². The van der Waals surface area contributed by atoms with Crippen molar-refractivity contribution >= 4 is 15.9 Å². The van der Waals surface area contributed by atoms with Crippen molar-refractivity contribution in [1.82, 2.24) is 13.8 Å². The minimum absolute atomic E-state index is 0.0492. The monoisotopic (exact) mass is 473 g/mol. The van der Waals surface area contributed by atoms with Gasteiger partial charge in [-0.2, -0.15) is 4.31 Å². The summed E-state index contributed by atoms with van der Waals surface area (Å²) in [6.45, 7) is 4.16. The Morgan fingerprint density at radius 1 is 1.06 bits per heavy atom. The third-order valence-corrected chi connectivity index (χ3v) is 8.21. The summed E-state index contributed by atoms with van der Waals surface area (Å²) in [6.07, 6.45) is 1.91. The molecule has 9 nitrogen and oxygen atoms in total. The number of pyridine rings is 1. The summed E-state index contributed by atoms with van der Waals surface area (Å²) < 4.78 is 39.8. The van der Waals surface area contributed by atoms with Crippen LogP contribution in [0.1, 0.15) is 34.9 Å². The molecule has 0 bridgehead atoms. The standard InChI is InChI=1S/C23H27N3O6S/c1-16-12-19(13-22(27)26(16)18-4-5-18)32-20-14-24(15-20)23(28)17-2-6-21(7-3-17)33(29,30)25-8-10-31-11-9-25/h2-3,6-7,12-13,18,20H,4-5,8-11,14-15H2,1H3. The fraction of sp³-hybridized carbons (Fsp3) is 0.478. The quantitative estimate of drug-likeness (QED) is 0.629. The number of benzene rings is 1. The van der Waals surface area contributed by atoms with Gasteiger partial charge in [-0.1, -0.05) is 0 Å². The van der Waals surface area contributed by atoms with Crippen molar-refractivity contribution in [2.24, 2.45) is 0 Å². The maximum Gasteiger partial charge on any atom is 0.254 e. The number of carbonyl (C=O) groups excluding carboxylic acids is 1. The van der Waals surface area contributed by atoms with Gasteiger partial charge in [0.15, 0.2) is 0 Å². The van der Waals surface area contributed by atoms with Gasteiger partial charge < -0.3 is 18.9 Å². The number of nitrogens with zero attached hydrogens (tertiary/aromatic N) is 3. The number of hydrogen-bond donors (Lipinski definition) is 0. The van der Waals surface area contributed by atoms with E-state index in [2.05, 4.69) is 0 Å². The second-order valence-electron chi connectivity index (χ2n) is 8.76. The topological polar surface area (TPSA) is 98.2 Å². The Bertz CT molecular complexity index is 1210. The van der Waals surface area contributed by atoms with Crippen LogP contribution in [0.3, 0.4) is 0 Å². The first-order chi connectivity index (χ1) is 15.8. The van der Waals surface area contributed by atoms with Crippen LogP contribution < -0.4 is 10.3 Å². The van der Waals surface area contributed by atoms with Gasteiger partial charge in [-0.25, -0.2) is 8.42 Å². The van der Waals surface area contributed by atoms with Crippen LogP contribution in [0.5, 0.6) is 5.75 Å². The van der Waals surface area contributed by atoms with E-state index in [1.807, 2.05) is 17.6 Å². The molecule has 176 valence electrons. The molecular formula is C23H27N3O6S. The molecule has 3 aliphatic rings. The summed E-state index contributed by atoms with van der Waals surface area (Å²) in [7, 11) is -3.59. The molecule has 0 radical (unpaired) electrons. The number of amides is 1. The average Bonchev–Trinajstić information content (AvgIpc) is 3.61. The van der Waals surface area contributed by atoms with Gasteiger partial charge in [0, 0.05) is 36.5 Å². The lowest BCUT2D eigenvalue weighted by atomic mass is 10.1. The lowest BCUT2D eigenvalue weighted by Crippen LogP contribution is -2.56. The van der Waals surface area contributed by atoms with Gasteiger partial charge in [0.05, 0.1) is 31.2 Å². The summed E-state index contributed by atoms with van der Waals surface area (Å²) in [4.78, 5) is 26.9. The fourth-order valence-electron chi connectivity index (χ4n) is 4.31. The van der Waals surface area contributed by atoms with Crippen molar-refractivity contribution in [2.45, 2.75) is 36.8 Å². The van der Waals surface area contributed by atoms with E-state index in [-0.39, 0.29) is 22.5 Å². The zero-order valence-corrected chi connectivity index (χ0v) is 19.3. The number of hydrogen-bond acceptors (Lipinski definition) is 6. The Balaban J connectivity index is 1.18. The Hall–Kier alpha value is -2.69. The number of ether oxygens (including phenoxy) is 2. The van der Waals surface area contributed by atoms with Crippen molar-refractivity contribution in [2.75, 3.05) is 39.4 Å². The van der Waals surface area contributed by atoms with Crippen LogP contribution in [-0.4, -0.2) is 73.6 Å². The first-order valence-corrected chi connectivity index (χ1v) is 12.6. The SMILES string of the molecule is Cc1cc(OC2CN(C(=O)c3ccc(S(=O)(=O)N4CCOCC4)cc3)C2)cc(=O)n1C1CC1. The van der Waals surface area contributed by atoms with E-state index < -0.39 is 10.0 Å². The van der Waals surface area contributed by atoms with Gasteiger partial charge in [0.25, 0.3) is 11.5 Å². The highest BCUT2D eigenvalue weighted by Gasteiger charge is 2.34. The molecule has 10 heteroatoms. The van der Waals surface area contributed by atoms with Gasteiger partial charge in [0.2, 0.25) is 10.0 Å². The molecule has 1 aliphatic carbocycles. The highest BCUT2D eigenvalue weighted by molar-refractivity contribution is 7.89. The maximum atomic E-state index is 12.8. The molecule has 0 N–H and O–H groups in total. The molecule has 0 spiro atoms. The molecule has 1 saturated carbocycles. The minimum atomic E-state index is -3.59. The largest absolute Gasteiger partial charge is 0.486 e. The second-order valence-corrected chi connectivity index (χ2v) is 10.7. The predicted octanol–water partition coefficient (Wildman–Crippen LogP) is 1.42. The molecule has 0 atom stereocenters. The molecular weight excluding hydrogens is 446 g/mol. The smallest absolute Gasteiger partial charge is 0.254 e. The lowest BCUT2D eigenvalue weighted by Gasteiger charge is -2.39. The number of aryl methyl sites for hydroxylation is 1. The molecule has 5 rings (SSSR count). The van der Waals surface area contributed by atoms with Crippen LogP contribution in [0, 0.1) is 6.92 Å². The molecule has 3 fully saturated rings. The molecule has 2 aromatic rings. The Labute approximate surface area is 192 Å². The van der Waals surface area contributed by atoms with E-state index >= 15 is 0 Å². The molecule has 1 aromatic heterocycles. The number of morpholine rings is 1. The zero-order valence-electron chi connectivity index (χ0n) is 18.5. The molecule has 0 unspecified atom stereocenters. The lowest BCUT2D eigenvalue weighted by molar-refractivity contribution is 0.0176. The minimum Gasteiger partial charge on any atom is -0.486 e. The zero-order chi connectivity index (χ0) is 23.2. The van der Waals surface area contributed by atoms with E-state index in [1.54, 1.807) is 17.0 Å². The van der Waals surface area contributed by atoms with Crippen LogP contribution in [0.4, 0.5) is 0 Å². The highest BCUT2D eigenvalue weighted by Crippen LogP contribution is 2.35. The van der Waals surface area contributed by atoms with Gasteiger partial charge >= 0.3 is 0 Å². The second kappa shape index (κ2) is 8.58. The molecule has 2 aliphatic heterocycles. The highest BCUT2D eigenvalue weighted by atomic mass is 32.2. The number of likely N-dealkylation sites (tertiary alicyclic amines) is 1. The molecule has 3 heterocycles. The summed E-state index contributed by atoms with van der Waals surface area (Å²) in [5.74, 6) is 0.356. The molecule has 2 saturated heterocycles. The van der Waals surface area contributed by atoms with E-state index in [1.165, 1.54) is 22.5 Å². The number of rotatable bonds is 6. The van der Waals surface area contributed by atoms with Crippen LogP contribution in [0.15, 0.2) is 46.1 Å². The Kier molecular flexibility index (Phi) is 5.75. The number of sulfonamides is 1. The van der Waals surface area contributed by atoms with Gasteiger partial charge in [0.1, 0.15) is 11.9 Å². The number of aromatic nitrogens is 1. The van der Waals surface area contributed by atoms with Crippen LogP contribution in [0.2, 0.25) is 0 Å². The van der Waals surface area contributed by atoms with E-state index in [4.69, 9.17) is 9.47 Å². The summed E-state index contributed by atoms with van der Waals surface area (Å²) in [5.41, 5.74) is 1.27. The third kappa shape index (κ3) is 4.42. The number of carbonyl (C=O) groups is 1. The van der Waals surface area contributed by atoms with E-state index in [9.17, 15) is 18.0 Å². The van der Waals surface area contributed by atoms with Crippen LogP contribution in [-0.2, 0) is 14.8 Å². The Morgan fingerprint density at radius 3 is 2.33 bits per heavy atom. The molecule has 1 aromatic carbocycles. The Morgan fingerprint density at radius 2 is 1.73 bits per heavy atom. The average molecular weight is 474 g/mol. The maximum absolute atomic E-state index is 12.8. The van der Waals surface area contributed by atoms with Gasteiger partial charge in [-0.05, 0) is 50.1 Å².